The number of carbonyl (C=O) groups excluding carboxylic acids is 1. The number of nitrogens with one attached hydrogen (secondary N) is 1. The third-order valence-corrected chi connectivity index (χ3v) is 3.01. The van der Waals surface area contributed by atoms with Gasteiger partial charge in [0.1, 0.15) is 0 Å². The highest BCUT2D eigenvalue weighted by molar-refractivity contribution is 5.92. The summed E-state index contributed by atoms with van der Waals surface area (Å²) in [5.41, 5.74) is 3.13. The molecular formula is C17H18N2O. The molecule has 0 saturated carbocycles. The number of hydrogen-bond donors (Lipinski definition) is 1. The van der Waals surface area contributed by atoms with Crippen LogP contribution in [-0.2, 0) is 0 Å². The third kappa shape index (κ3) is 3.72. The van der Waals surface area contributed by atoms with Crippen molar-refractivity contribution >= 4 is 17.8 Å². The number of benzene rings is 2. The van der Waals surface area contributed by atoms with Gasteiger partial charge in [-0.1, -0.05) is 48.0 Å². The SMILES string of the molecule is Cc1ccc(/C=C/NC(=O)N(C)c2ccccc2)cc1. The van der Waals surface area contributed by atoms with Crippen LogP contribution in [0, 0.1) is 6.92 Å². The molecule has 0 radical (unpaired) electrons. The molecule has 0 aliphatic heterocycles. The molecule has 0 atom stereocenters. The number of hydrogen-bond acceptors (Lipinski definition) is 1. The third-order valence-electron chi connectivity index (χ3n) is 3.01. The van der Waals surface area contributed by atoms with Gasteiger partial charge in [0.2, 0.25) is 0 Å². The summed E-state index contributed by atoms with van der Waals surface area (Å²) in [6.07, 6.45) is 3.53. The van der Waals surface area contributed by atoms with E-state index in [9.17, 15) is 4.79 Å². The molecule has 3 heteroatoms. The summed E-state index contributed by atoms with van der Waals surface area (Å²) in [6, 6.07) is 17.5. The van der Waals surface area contributed by atoms with Crippen LogP contribution in [0.5, 0.6) is 0 Å². The van der Waals surface area contributed by atoms with Gasteiger partial charge in [-0.2, -0.15) is 0 Å². The van der Waals surface area contributed by atoms with Gasteiger partial charge in [-0.15, -0.1) is 0 Å². The lowest BCUT2D eigenvalue weighted by molar-refractivity contribution is 0.250. The number of urea groups is 1. The predicted octanol–water partition coefficient (Wildman–Crippen LogP) is 3.81. The topological polar surface area (TPSA) is 32.3 Å². The molecule has 2 rings (SSSR count). The number of amides is 2. The molecule has 20 heavy (non-hydrogen) atoms. The van der Waals surface area contributed by atoms with Crippen LogP contribution in [0.4, 0.5) is 10.5 Å². The Labute approximate surface area is 119 Å². The molecule has 0 bridgehead atoms. The normalized spacial score (nSPS) is 10.5. The van der Waals surface area contributed by atoms with Gasteiger partial charge in [0.05, 0.1) is 0 Å². The van der Waals surface area contributed by atoms with Gasteiger partial charge < -0.3 is 5.32 Å². The maximum Gasteiger partial charge on any atom is 0.325 e. The smallest absolute Gasteiger partial charge is 0.314 e. The zero-order valence-electron chi connectivity index (χ0n) is 11.7. The Hall–Kier alpha value is -2.55. The van der Waals surface area contributed by atoms with Crippen molar-refractivity contribution in [3.05, 3.63) is 71.9 Å². The van der Waals surface area contributed by atoms with Crippen molar-refractivity contribution in [3.8, 4) is 0 Å². The summed E-state index contributed by atoms with van der Waals surface area (Å²) in [4.78, 5) is 13.5. The Kier molecular flexibility index (Phi) is 4.56. The zero-order valence-corrected chi connectivity index (χ0v) is 11.7. The first-order valence-corrected chi connectivity index (χ1v) is 6.49. The maximum atomic E-state index is 12.0. The van der Waals surface area contributed by atoms with E-state index in [2.05, 4.69) is 5.32 Å². The summed E-state index contributed by atoms with van der Waals surface area (Å²) in [6.45, 7) is 2.05. The van der Waals surface area contributed by atoms with Crippen LogP contribution in [0.2, 0.25) is 0 Å². The summed E-state index contributed by atoms with van der Waals surface area (Å²) in [5.74, 6) is 0. The molecule has 0 aliphatic rings. The molecule has 0 spiro atoms. The van der Waals surface area contributed by atoms with Crippen LogP contribution in [0.15, 0.2) is 60.8 Å². The first-order chi connectivity index (χ1) is 9.66. The van der Waals surface area contributed by atoms with E-state index in [4.69, 9.17) is 0 Å². The summed E-state index contributed by atoms with van der Waals surface area (Å²) < 4.78 is 0. The molecule has 0 fully saturated rings. The van der Waals surface area contributed by atoms with Gasteiger partial charge in [-0.3, -0.25) is 4.90 Å². The van der Waals surface area contributed by atoms with Crippen molar-refractivity contribution in [2.24, 2.45) is 0 Å². The molecule has 2 aromatic rings. The standard InChI is InChI=1S/C17H18N2O/c1-14-8-10-15(11-9-14)12-13-18-17(20)19(2)16-6-4-3-5-7-16/h3-13H,1-2H3,(H,18,20)/b13-12+. The number of nitrogens with zero attached hydrogens (tertiary/aromatic N) is 1. The fourth-order valence-corrected chi connectivity index (χ4v) is 1.75. The average Bonchev–Trinajstić information content (AvgIpc) is 2.49. The van der Waals surface area contributed by atoms with Crippen LogP contribution in [0.3, 0.4) is 0 Å². The summed E-state index contributed by atoms with van der Waals surface area (Å²) in [7, 11) is 1.74. The molecule has 2 aromatic carbocycles. The van der Waals surface area contributed by atoms with Gasteiger partial charge >= 0.3 is 6.03 Å². The van der Waals surface area contributed by atoms with Crippen molar-refractivity contribution in [3.63, 3.8) is 0 Å². The van der Waals surface area contributed by atoms with Gasteiger partial charge in [0, 0.05) is 18.9 Å². The van der Waals surface area contributed by atoms with Crippen LogP contribution in [0.25, 0.3) is 6.08 Å². The molecule has 0 heterocycles. The second kappa shape index (κ2) is 6.57. The fourth-order valence-electron chi connectivity index (χ4n) is 1.75. The van der Waals surface area contributed by atoms with Crippen LogP contribution >= 0.6 is 0 Å². The van der Waals surface area contributed by atoms with Crippen LogP contribution in [0.1, 0.15) is 11.1 Å². The first kappa shape index (κ1) is 13.9. The highest BCUT2D eigenvalue weighted by Gasteiger charge is 2.07. The molecule has 0 aliphatic carbocycles. The van der Waals surface area contributed by atoms with Crippen molar-refractivity contribution < 1.29 is 4.79 Å². The Balaban J connectivity index is 1.93. The van der Waals surface area contributed by atoms with Gasteiger partial charge in [-0.25, -0.2) is 4.79 Å². The van der Waals surface area contributed by atoms with Gasteiger partial charge in [0.15, 0.2) is 0 Å². The summed E-state index contributed by atoms with van der Waals surface area (Å²) >= 11 is 0. The van der Waals surface area contributed by atoms with E-state index < -0.39 is 0 Å². The first-order valence-electron chi connectivity index (χ1n) is 6.49. The number of para-hydroxylation sites is 1. The Morgan fingerprint density at radius 3 is 2.35 bits per heavy atom. The minimum Gasteiger partial charge on any atom is -0.314 e. The van der Waals surface area contributed by atoms with Crippen molar-refractivity contribution in [2.45, 2.75) is 6.92 Å². The monoisotopic (exact) mass is 266 g/mol. The van der Waals surface area contributed by atoms with Gasteiger partial charge in [-0.05, 0) is 30.7 Å². The molecule has 2 amide bonds. The van der Waals surface area contributed by atoms with E-state index in [1.807, 2.05) is 67.6 Å². The van der Waals surface area contributed by atoms with Gasteiger partial charge in [0.25, 0.3) is 0 Å². The average molecular weight is 266 g/mol. The van der Waals surface area contributed by atoms with Crippen LogP contribution < -0.4 is 10.2 Å². The van der Waals surface area contributed by atoms with E-state index in [0.717, 1.165) is 11.3 Å². The van der Waals surface area contributed by atoms with Crippen molar-refractivity contribution in [1.82, 2.24) is 5.32 Å². The Morgan fingerprint density at radius 1 is 1.05 bits per heavy atom. The maximum absolute atomic E-state index is 12.0. The van der Waals surface area contributed by atoms with Crippen molar-refractivity contribution in [1.29, 1.82) is 0 Å². The largest absolute Gasteiger partial charge is 0.325 e. The van der Waals surface area contributed by atoms with Crippen LogP contribution in [-0.4, -0.2) is 13.1 Å². The number of anilines is 1. The molecule has 3 nitrogen and oxygen atoms in total. The molecular weight excluding hydrogens is 248 g/mol. The fraction of sp³-hybridized carbons (Fsp3) is 0.118. The number of rotatable bonds is 3. The Bertz CT molecular complexity index is 588. The number of aryl methyl sites for hydroxylation is 1. The van der Waals surface area contributed by atoms with E-state index in [0.29, 0.717) is 0 Å². The minimum atomic E-state index is -0.167. The lowest BCUT2D eigenvalue weighted by atomic mass is 10.1. The molecule has 0 aromatic heterocycles. The van der Waals surface area contributed by atoms with E-state index in [-0.39, 0.29) is 6.03 Å². The van der Waals surface area contributed by atoms with E-state index in [1.165, 1.54) is 5.56 Å². The zero-order chi connectivity index (χ0) is 14.4. The molecule has 1 N–H and O–H groups in total. The predicted molar refractivity (Wildman–Crippen MR) is 83.6 cm³/mol. The second-order valence-electron chi connectivity index (χ2n) is 4.59. The highest BCUT2D eigenvalue weighted by Crippen LogP contribution is 2.10. The van der Waals surface area contributed by atoms with E-state index >= 15 is 0 Å². The molecule has 0 unspecified atom stereocenters. The molecule has 102 valence electrons. The van der Waals surface area contributed by atoms with Crippen molar-refractivity contribution in [2.75, 3.05) is 11.9 Å². The Morgan fingerprint density at radius 2 is 1.70 bits per heavy atom. The van der Waals surface area contributed by atoms with E-state index in [1.54, 1.807) is 18.1 Å². The molecule has 0 saturated heterocycles. The highest BCUT2D eigenvalue weighted by atomic mass is 16.2. The summed E-state index contributed by atoms with van der Waals surface area (Å²) in [5, 5.41) is 2.75. The second-order valence-corrected chi connectivity index (χ2v) is 4.59. The lowest BCUT2D eigenvalue weighted by Gasteiger charge is -2.16. The quantitative estimate of drug-likeness (QED) is 0.900. The number of carbonyl (C=O) groups is 1. The lowest BCUT2D eigenvalue weighted by Crippen LogP contribution is -2.34. The minimum absolute atomic E-state index is 0.167.